The number of fused-ring (bicyclic) bond motifs is 1. The number of benzene rings is 4. The van der Waals surface area contributed by atoms with Crippen LogP contribution in [0.4, 0.5) is 0 Å². The summed E-state index contributed by atoms with van der Waals surface area (Å²) in [6.45, 7) is 2.01. The lowest BCUT2D eigenvalue weighted by molar-refractivity contribution is 0.108. The third kappa shape index (κ3) is 4.85. The number of halogens is 1. The van der Waals surface area contributed by atoms with E-state index >= 15 is 0 Å². The molecule has 2 heterocycles. The van der Waals surface area contributed by atoms with Crippen LogP contribution in [0.25, 0.3) is 33.4 Å². The van der Waals surface area contributed by atoms with Crippen LogP contribution in [0.3, 0.4) is 0 Å². The van der Waals surface area contributed by atoms with Crippen molar-refractivity contribution in [2.24, 2.45) is 0 Å². The van der Waals surface area contributed by atoms with E-state index < -0.39 is 9.24 Å². The molecule has 6 rings (SSSR count). The van der Waals surface area contributed by atoms with E-state index in [0.717, 1.165) is 32.5 Å². The molecule has 6 aromatic rings. The molecule has 0 aliphatic rings. The van der Waals surface area contributed by atoms with Crippen molar-refractivity contribution >= 4 is 35.9 Å². The summed E-state index contributed by atoms with van der Waals surface area (Å²) in [5.41, 5.74) is 5.85. The minimum Gasteiger partial charge on any atom is -0.360 e. The van der Waals surface area contributed by atoms with Gasteiger partial charge in [-0.1, -0.05) is 116 Å². The standard InChI is InChI=1S/C32H25ClN4OS/c1-22-16-18-25(19-17-22)39(33,32(38)24-12-6-3-7-13-24)21-29-35-31(27-20-34-28-15-9-8-14-26(27)28)30(37-36-29)23-10-4-2-5-11-23/h2-20,34H,21H2,1H3. The zero-order chi connectivity index (χ0) is 26.8. The lowest BCUT2D eigenvalue weighted by Gasteiger charge is -2.31. The van der Waals surface area contributed by atoms with Gasteiger partial charge in [0, 0.05) is 38.7 Å². The number of aromatic nitrogens is 4. The van der Waals surface area contributed by atoms with Gasteiger partial charge in [-0.25, -0.2) is 4.98 Å². The summed E-state index contributed by atoms with van der Waals surface area (Å²) < 4.78 is 0. The molecule has 0 aliphatic carbocycles. The number of carbonyl (C=O) groups excluding carboxylic acids is 1. The molecule has 1 unspecified atom stereocenters. The number of para-hydroxylation sites is 1. The van der Waals surface area contributed by atoms with Crippen molar-refractivity contribution in [3.63, 3.8) is 0 Å². The molecule has 0 spiro atoms. The first kappa shape index (κ1) is 25.0. The van der Waals surface area contributed by atoms with Crippen molar-refractivity contribution in [3.8, 4) is 22.5 Å². The van der Waals surface area contributed by atoms with Gasteiger partial charge < -0.3 is 4.98 Å². The van der Waals surface area contributed by atoms with Gasteiger partial charge in [-0.05, 0) is 25.1 Å². The van der Waals surface area contributed by atoms with Gasteiger partial charge in [0.25, 0.3) is 0 Å². The van der Waals surface area contributed by atoms with Crippen LogP contribution in [0, 0.1) is 6.92 Å². The summed E-state index contributed by atoms with van der Waals surface area (Å²) in [7, 11) is 4.82. The van der Waals surface area contributed by atoms with Gasteiger partial charge in [0.2, 0.25) is 5.12 Å². The Labute approximate surface area is 232 Å². The molecule has 39 heavy (non-hydrogen) atoms. The molecule has 0 fully saturated rings. The summed E-state index contributed by atoms with van der Waals surface area (Å²) in [5.74, 6) is 0.577. The molecule has 0 saturated carbocycles. The van der Waals surface area contributed by atoms with Crippen LogP contribution < -0.4 is 0 Å². The van der Waals surface area contributed by atoms with Gasteiger partial charge >= 0.3 is 0 Å². The van der Waals surface area contributed by atoms with E-state index in [4.69, 9.17) is 15.7 Å². The number of rotatable bonds is 6. The van der Waals surface area contributed by atoms with Gasteiger partial charge in [-0.15, -0.1) is 10.2 Å². The van der Waals surface area contributed by atoms with Gasteiger partial charge in [-0.2, -0.15) is 0 Å². The van der Waals surface area contributed by atoms with Crippen molar-refractivity contribution in [1.29, 1.82) is 0 Å². The first-order valence-corrected chi connectivity index (χ1v) is 15.2. The Morgan fingerprint density at radius 2 is 1.46 bits per heavy atom. The Balaban J connectivity index is 1.50. The molecule has 1 N–H and O–H groups in total. The van der Waals surface area contributed by atoms with E-state index in [2.05, 4.69) is 21.2 Å². The molecule has 0 aliphatic heterocycles. The highest BCUT2D eigenvalue weighted by atomic mass is 35.7. The van der Waals surface area contributed by atoms with E-state index in [1.807, 2.05) is 104 Å². The SMILES string of the molecule is Cc1ccc(S(Cl)(Cc2nnc(-c3ccccc3)c(-c3c[nH]c4ccccc34)n2)C(=O)c2ccccc2)cc1. The van der Waals surface area contributed by atoms with E-state index in [0.29, 0.717) is 22.8 Å². The second kappa shape index (κ2) is 10.5. The fourth-order valence-electron chi connectivity index (χ4n) is 4.62. The molecular weight excluding hydrogens is 524 g/mol. The molecule has 5 nitrogen and oxygen atoms in total. The average molecular weight is 549 g/mol. The quantitative estimate of drug-likeness (QED) is 0.227. The predicted octanol–water partition coefficient (Wildman–Crippen LogP) is 8.35. The molecule has 0 saturated heterocycles. The summed E-state index contributed by atoms with van der Waals surface area (Å²) >= 11 is 0. The molecule has 0 amide bonds. The molecule has 4 aromatic carbocycles. The third-order valence-corrected chi connectivity index (χ3v) is 10.4. The Morgan fingerprint density at radius 1 is 0.795 bits per heavy atom. The number of nitrogens with one attached hydrogen (secondary N) is 1. The molecule has 7 heteroatoms. The van der Waals surface area contributed by atoms with Crippen molar-refractivity contribution in [1.82, 2.24) is 20.2 Å². The number of hydrogen-bond acceptors (Lipinski definition) is 4. The number of H-pyrrole nitrogens is 1. The van der Waals surface area contributed by atoms with Crippen LogP contribution in [-0.2, 0) is 5.75 Å². The monoisotopic (exact) mass is 548 g/mol. The summed E-state index contributed by atoms with van der Waals surface area (Å²) in [5, 5.41) is 10.1. The highest BCUT2D eigenvalue weighted by Gasteiger charge is 2.35. The second-order valence-electron chi connectivity index (χ2n) is 9.30. The topological polar surface area (TPSA) is 71.5 Å². The van der Waals surface area contributed by atoms with Crippen LogP contribution in [0.5, 0.6) is 0 Å². The van der Waals surface area contributed by atoms with Crippen molar-refractivity contribution in [3.05, 3.63) is 132 Å². The fourth-order valence-corrected chi connectivity index (χ4v) is 7.55. The molecule has 1 atom stereocenters. The maximum atomic E-state index is 14.0. The normalized spacial score (nSPS) is 13.6. The number of aromatic amines is 1. The van der Waals surface area contributed by atoms with Crippen LogP contribution in [0.15, 0.2) is 120 Å². The molecule has 192 valence electrons. The van der Waals surface area contributed by atoms with Crippen LogP contribution in [0.2, 0.25) is 0 Å². The van der Waals surface area contributed by atoms with Gasteiger partial charge in [0.15, 0.2) is 5.82 Å². The maximum absolute atomic E-state index is 14.0. The van der Waals surface area contributed by atoms with Crippen LogP contribution in [0.1, 0.15) is 21.7 Å². The highest BCUT2D eigenvalue weighted by Crippen LogP contribution is 2.64. The predicted molar refractivity (Wildman–Crippen MR) is 160 cm³/mol. The Kier molecular flexibility index (Phi) is 6.73. The smallest absolute Gasteiger partial charge is 0.219 e. The first-order valence-electron chi connectivity index (χ1n) is 12.6. The zero-order valence-corrected chi connectivity index (χ0v) is 22.8. The zero-order valence-electron chi connectivity index (χ0n) is 21.2. The molecule has 2 aromatic heterocycles. The molecular formula is C32H25ClN4OS. The fraction of sp³-hybridized carbons (Fsp3) is 0.0625. The van der Waals surface area contributed by atoms with E-state index in [9.17, 15) is 4.79 Å². The summed E-state index contributed by atoms with van der Waals surface area (Å²) in [6, 6.07) is 35.0. The lowest BCUT2D eigenvalue weighted by atomic mass is 10.0. The number of hydrogen-bond donors (Lipinski definition) is 1. The van der Waals surface area contributed by atoms with E-state index in [-0.39, 0.29) is 10.9 Å². The lowest BCUT2D eigenvalue weighted by Crippen LogP contribution is -2.14. The number of aryl methyl sites for hydroxylation is 1. The van der Waals surface area contributed by atoms with Crippen LogP contribution in [-0.4, -0.2) is 25.3 Å². The van der Waals surface area contributed by atoms with Crippen molar-refractivity contribution in [2.75, 3.05) is 0 Å². The van der Waals surface area contributed by atoms with E-state index in [1.54, 1.807) is 12.1 Å². The highest BCUT2D eigenvalue weighted by molar-refractivity contribution is 8.60. The average Bonchev–Trinajstić information content (AvgIpc) is 3.42. The Hall–Kier alpha value is -4.26. The molecule has 0 radical (unpaired) electrons. The van der Waals surface area contributed by atoms with E-state index in [1.165, 1.54) is 0 Å². The Bertz CT molecular complexity index is 1770. The minimum atomic E-state index is -2.56. The largest absolute Gasteiger partial charge is 0.360 e. The minimum absolute atomic E-state index is 0.127. The number of carbonyl (C=O) groups is 1. The maximum Gasteiger partial charge on any atom is 0.219 e. The number of nitrogens with zero attached hydrogens (tertiary/aromatic N) is 3. The third-order valence-electron chi connectivity index (χ3n) is 6.65. The Morgan fingerprint density at radius 3 is 2.21 bits per heavy atom. The van der Waals surface area contributed by atoms with Crippen molar-refractivity contribution < 1.29 is 4.79 Å². The van der Waals surface area contributed by atoms with Gasteiger partial charge in [0.05, 0.1) is 5.75 Å². The van der Waals surface area contributed by atoms with Gasteiger partial charge in [0.1, 0.15) is 11.4 Å². The summed E-state index contributed by atoms with van der Waals surface area (Å²) in [4.78, 5) is 23.1. The first-order chi connectivity index (χ1) is 19.0. The molecule has 0 bridgehead atoms. The van der Waals surface area contributed by atoms with Crippen molar-refractivity contribution in [2.45, 2.75) is 17.6 Å². The summed E-state index contributed by atoms with van der Waals surface area (Å²) in [6.07, 6.45) is 1.95. The second-order valence-corrected chi connectivity index (χ2v) is 13.3. The van der Waals surface area contributed by atoms with Gasteiger partial charge in [-0.3, -0.25) is 4.79 Å². The van der Waals surface area contributed by atoms with Crippen LogP contribution >= 0.6 is 19.9 Å².